The average molecular weight is 277 g/mol. The van der Waals surface area contributed by atoms with Crippen LogP contribution in [0.4, 0.5) is 0 Å². The van der Waals surface area contributed by atoms with E-state index in [1.807, 2.05) is 12.1 Å². The lowest BCUT2D eigenvalue weighted by Gasteiger charge is -2.38. The van der Waals surface area contributed by atoms with Gasteiger partial charge in [0.25, 0.3) is 0 Å². The van der Waals surface area contributed by atoms with E-state index in [0.717, 1.165) is 31.7 Å². The van der Waals surface area contributed by atoms with Crippen LogP contribution in [-0.4, -0.2) is 25.9 Å². The van der Waals surface area contributed by atoms with Gasteiger partial charge < -0.3 is 14.8 Å². The lowest BCUT2D eigenvalue weighted by molar-refractivity contribution is -0.0627. The molecule has 1 aromatic rings. The Kier molecular flexibility index (Phi) is 5.44. The molecular weight excluding hydrogens is 250 g/mol. The Balaban J connectivity index is 2.38. The van der Waals surface area contributed by atoms with Crippen LogP contribution >= 0.6 is 0 Å². The van der Waals surface area contributed by atoms with Gasteiger partial charge in [0.05, 0.1) is 18.8 Å². The third-order valence-corrected chi connectivity index (χ3v) is 4.27. The molecule has 3 heteroatoms. The Hall–Kier alpha value is -1.06. The van der Waals surface area contributed by atoms with E-state index in [2.05, 4.69) is 31.3 Å². The molecular formula is C17H27NO2. The minimum Gasteiger partial charge on any atom is -0.496 e. The highest BCUT2D eigenvalue weighted by Gasteiger charge is 2.43. The van der Waals surface area contributed by atoms with Crippen LogP contribution < -0.4 is 10.1 Å². The van der Waals surface area contributed by atoms with E-state index in [1.165, 1.54) is 18.4 Å². The van der Waals surface area contributed by atoms with Crippen molar-refractivity contribution >= 4 is 0 Å². The van der Waals surface area contributed by atoms with Crippen molar-refractivity contribution in [1.82, 2.24) is 5.32 Å². The molecule has 1 unspecified atom stereocenters. The van der Waals surface area contributed by atoms with E-state index >= 15 is 0 Å². The van der Waals surface area contributed by atoms with Crippen LogP contribution in [0.2, 0.25) is 0 Å². The van der Waals surface area contributed by atoms with Crippen LogP contribution in [0.1, 0.15) is 51.1 Å². The molecule has 0 radical (unpaired) electrons. The number of rotatable bonds is 7. The molecule has 0 aromatic heterocycles. The number of hydrogen-bond donors (Lipinski definition) is 1. The average Bonchev–Trinajstić information content (AvgIpc) is 2.94. The highest BCUT2D eigenvalue weighted by molar-refractivity contribution is 5.38. The zero-order valence-corrected chi connectivity index (χ0v) is 12.9. The van der Waals surface area contributed by atoms with Crippen molar-refractivity contribution in [1.29, 1.82) is 0 Å². The summed E-state index contributed by atoms with van der Waals surface area (Å²) in [5.41, 5.74) is 1.13. The zero-order chi connectivity index (χ0) is 14.4. The van der Waals surface area contributed by atoms with E-state index in [9.17, 15) is 0 Å². The molecule has 1 fully saturated rings. The summed E-state index contributed by atoms with van der Waals surface area (Å²) in [6.07, 6.45) is 4.74. The van der Waals surface area contributed by atoms with Gasteiger partial charge in [-0.05, 0) is 32.4 Å². The Morgan fingerprint density at radius 2 is 1.90 bits per heavy atom. The van der Waals surface area contributed by atoms with Gasteiger partial charge in [0, 0.05) is 12.2 Å². The smallest absolute Gasteiger partial charge is 0.123 e. The largest absolute Gasteiger partial charge is 0.496 e. The van der Waals surface area contributed by atoms with Crippen molar-refractivity contribution in [3.05, 3.63) is 29.8 Å². The van der Waals surface area contributed by atoms with Gasteiger partial charge in [0.1, 0.15) is 5.75 Å². The Labute approximate surface area is 122 Å². The van der Waals surface area contributed by atoms with Crippen LogP contribution in [0.15, 0.2) is 24.3 Å². The summed E-state index contributed by atoms with van der Waals surface area (Å²) in [6.45, 7) is 5.93. The van der Waals surface area contributed by atoms with Gasteiger partial charge in [-0.15, -0.1) is 0 Å². The number of ether oxygens (including phenoxy) is 2. The molecule has 1 N–H and O–H groups in total. The van der Waals surface area contributed by atoms with Crippen LogP contribution in [0.25, 0.3) is 0 Å². The summed E-state index contributed by atoms with van der Waals surface area (Å²) < 4.78 is 11.8. The lowest BCUT2D eigenvalue weighted by atomic mass is 9.86. The summed E-state index contributed by atoms with van der Waals surface area (Å²) in [7, 11) is 1.74. The van der Waals surface area contributed by atoms with Crippen LogP contribution in [0, 0.1) is 0 Å². The maximum atomic E-state index is 6.24. The SMILES string of the molecule is CCNC(c1ccccc1OC)C1(OCC)CCCC1. The Bertz CT molecular complexity index is 413. The highest BCUT2D eigenvalue weighted by atomic mass is 16.5. The van der Waals surface area contributed by atoms with E-state index in [1.54, 1.807) is 7.11 Å². The van der Waals surface area contributed by atoms with Gasteiger partial charge in [0.15, 0.2) is 0 Å². The molecule has 1 aliphatic carbocycles. The fourth-order valence-electron chi connectivity index (χ4n) is 3.47. The quantitative estimate of drug-likeness (QED) is 0.824. The van der Waals surface area contributed by atoms with Crippen molar-refractivity contribution in [3.8, 4) is 5.75 Å². The Morgan fingerprint density at radius 1 is 1.20 bits per heavy atom. The minimum atomic E-state index is -0.0839. The summed E-state index contributed by atoms with van der Waals surface area (Å²) in [5, 5.41) is 3.64. The summed E-state index contributed by atoms with van der Waals surface area (Å²) in [4.78, 5) is 0. The minimum absolute atomic E-state index is 0.0839. The summed E-state index contributed by atoms with van der Waals surface area (Å²) >= 11 is 0. The first kappa shape index (κ1) is 15.3. The van der Waals surface area contributed by atoms with Gasteiger partial charge in [0.2, 0.25) is 0 Å². The standard InChI is InChI=1S/C17H27NO2/c1-4-18-16(14-10-6-7-11-15(14)19-3)17(20-5-2)12-8-9-13-17/h6-7,10-11,16,18H,4-5,8-9,12-13H2,1-3H3. The number of likely N-dealkylation sites (N-methyl/N-ethyl adjacent to an activating group) is 1. The monoisotopic (exact) mass is 277 g/mol. The molecule has 2 rings (SSSR count). The maximum absolute atomic E-state index is 6.24. The van der Waals surface area contributed by atoms with Gasteiger partial charge >= 0.3 is 0 Å². The van der Waals surface area contributed by atoms with E-state index < -0.39 is 0 Å². The molecule has 1 aromatic carbocycles. The van der Waals surface area contributed by atoms with Crippen molar-refractivity contribution in [2.45, 2.75) is 51.2 Å². The fraction of sp³-hybridized carbons (Fsp3) is 0.647. The normalized spacial score (nSPS) is 18.9. The maximum Gasteiger partial charge on any atom is 0.123 e. The van der Waals surface area contributed by atoms with Gasteiger partial charge in [-0.3, -0.25) is 0 Å². The predicted molar refractivity (Wildman–Crippen MR) is 82.2 cm³/mol. The van der Waals surface area contributed by atoms with Crippen LogP contribution in [-0.2, 0) is 4.74 Å². The molecule has 1 saturated carbocycles. The molecule has 1 aliphatic rings. The van der Waals surface area contributed by atoms with Crippen molar-refractivity contribution in [2.75, 3.05) is 20.3 Å². The highest BCUT2D eigenvalue weighted by Crippen LogP contribution is 2.45. The third kappa shape index (κ3) is 2.99. The van der Waals surface area contributed by atoms with Crippen LogP contribution in [0.5, 0.6) is 5.75 Å². The second kappa shape index (κ2) is 7.09. The first-order chi connectivity index (χ1) is 9.77. The first-order valence-electron chi connectivity index (χ1n) is 7.77. The zero-order valence-electron chi connectivity index (χ0n) is 12.9. The molecule has 0 heterocycles. The Morgan fingerprint density at radius 3 is 2.50 bits per heavy atom. The number of hydrogen-bond acceptors (Lipinski definition) is 3. The second-order valence-electron chi connectivity index (χ2n) is 5.44. The molecule has 0 bridgehead atoms. The molecule has 0 saturated heterocycles. The first-order valence-corrected chi connectivity index (χ1v) is 7.77. The fourth-order valence-corrected chi connectivity index (χ4v) is 3.47. The topological polar surface area (TPSA) is 30.5 Å². The molecule has 3 nitrogen and oxygen atoms in total. The van der Waals surface area contributed by atoms with Crippen LogP contribution in [0.3, 0.4) is 0 Å². The molecule has 0 aliphatic heterocycles. The predicted octanol–water partition coefficient (Wildman–Crippen LogP) is 3.70. The molecule has 0 amide bonds. The van der Waals surface area contributed by atoms with E-state index in [4.69, 9.17) is 9.47 Å². The lowest BCUT2D eigenvalue weighted by Crippen LogP contribution is -2.44. The third-order valence-electron chi connectivity index (χ3n) is 4.27. The molecule has 0 spiro atoms. The van der Waals surface area contributed by atoms with E-state index in [-0.39, 0.29) is 11.6 Å². The molecule has 20 heavy (non-hydrogen) atoms. The summed E-state index contributed by atoms with van der Waals surface area (Å²) in [6, 6.07) is 8.50. The van der Waals surface area contributed by atoms with Crippen molar-refractivity contribution in [2.24, 2.45) is 0 Å². The van der Waals surface area contributed by atoms with E-state index in [0.29, 0.717) is 0 Å². The molecule has 112 valence electrons. The second-order valence-corrected chi connectivity index (χ2v) is 5.44. The number of para-hydroxylation sites is 1. The van der Waals surface area contributed by atoms with Crippen molar-refractivity contribution in [3.63, 3.8) is 0 Å². The van der Waals surface area contributed by atoms with Gasteiger partial charge in [-0.2, -0.15) is 0 Å². The molecule has 1 atom stereocenters. The number of benzene rings is 1. The summed E-state index contributed by atoms with van der Waals surface area (Å²) in [5.74, 6) is 0.949. The number of methoxy groups -OCH3 is 1. The number of nitrogens with one attached hydrogen (secondary N) is 1. The van der Waals surface area contributed by atoms with Crippen molar-refractivity contribution < 1.29 is 9.47 Å². The van der Waals surface area contributed by atoms with Gasteiger partial charge in [-0.1, -0.05) is 38.0 Å². The van der Waals surface area contributed by atoms with Gasteiger partial charge in [-0.25, -0.2) is 0 Å².